The molecule has 4 N–H and O–H groups in total. The number of carbonyl (C=O) groups is 2. The van der Waals surface area contributed by atoms with Crippen molar-refractivity contribution in [2.45, 2.75) is 32.3 Å². The molecule has 0 aliphatic carbocycles. The predicted molar refractivity (Wildman–Crippen MR) is 156 cm³/mol. The Morgan fingerprint density at radius 2 is 1.95 bits per heavy atom. The zero-order valence-electron chi connectivity index (χ0n) is 22.1. The lowest BCUT2D eigenvalue weighted by Crippen LogP contribution is -2.26. The lowest BCUT2D eigenvalue weighted by molar-refractivity contribution is -0.136. The third-order valence-electron chi connectivity index (χ3n) is 6.21. The molecule has 2 aromatic heterocycles. The summed E-state index contributed by atoms with van der Waals surface area (Å²) in [5.74, 6) is -1.45. The minimum atomic E-state index is -0.713. The van der Waals surface area contributed by atoms with Gasteiger partial charge < -0.3 is 30.4 Å². The number of anilines is 2. The van der Waals surface area contributed by atoms with E-state index >= 15 is 0 Å². The number of ether oxygens (including phenoxy) is 2. The fourth-order valence-electron chi connectivity index (χ4n) is 4.20. The molecule has 1 saturated heterocycles. The fourth-order valence-corrected chi connectivity index (χ4v) is 4.58. The maximum Gasteiger partial charge on any atom is 0.262 e. The standard InChI is InChI=1S/C28H26Cl2N6O5/c1-28(2)40-14-19(41-28)13-33-27-32-12-17-9-20(26(39)35-23(17)36-27)25(38)34-22-10-16(6-7-21(22)30)24(37)31-11-15-4-3-5-18(29)8-15/h3-10,12,19H,11,13-14H2,1-2H3,(H,31,37)(H,34,38)(H2,32,33,35,36,39). The molecule has 2 amide bonds. The van der Waals surface area contributed by atoms with Crippen LogP contribution in [-0.4, -0.2) is 51.8 Å². The summed E-state index contributed by atoms with van der Waals surface area (Å²) in [4.78, 5) is 49.7. The normalized spacial score (nSPS) is 16.0. The molecule has 212 valence electrons. The Hall–Kier alpha value is -4.03. The van der Waals surface area contributed by atoms with Crippen LogP contribution in [0.15, 0.2) is 59.5 Å². The van der Waals surface area contributed by atoms with E-state index in [0.717, 1.165) is 5.56 Å². The third kappa shape index (κ3) is 7.01. The van der Waals surface area contributed by atoms with Crippen LogP contribution in [0, 0.1) is 0 Å². The Bertz CT molecular complexity index is 1690. The first-order valence-corrected chi connectivity index (χ1v) is 13.4. The number of nitrogens with one attached hydrogen (secondary N) is 4. The van der Waals surface area contributed by atoms with Gasteiger partial charge in [0, 0.05) is 35.3 Å². The lowest BCUT2D eigenvalue weighted by Gasteiger charge is -2.17. The Labute approximate surface area is 244 Å². The highest BCUT2D eigenvalue weighted by molar-refractivity contribution is 6.34. The van der Waals surface area contributed by atoms with E-state index < -0.39 is 17.3 Å². The summed E-state index contributed by atoms with van der Waals surface area (Å²) in [6.45, 7) is 4.78. The molecule has 4 aromatic rings. The maximum atomic E-state index is 13.0. The van der Waals surface area contributed by atoms with E-state index in [-0.39, 0.29) is 52.0 Å². The number of pyridine rings is 1. The minimum Gasteiger partial charge on any atom is -0.351 e. The number of halogens is 2. The Morgan fingerprint density at radius 3 is 2.71 bits per heavy atom. The second kappa shape index (κ2) is 11.8. The SMILES string of the molecule is CC1(C)OCC(CNc2ncc3cc(C(=O)Nc4cc(C(=O)NCc5cccc(Cl)c5)ccc4Cl)c(=O)[nH]c3n2)O1. The van der Waals surface area contributed by atoms with E-state index in [2.05, 4.69) is 30.9 Å². The topological polar surface area (TPSA) is 147 Å². The van der Waals surface area contributed by atoms with Gasteiger partial charge in [0.15, 0.2) is 5.79 Å². The van der Waals surface area contributed by atoms with E-state index in [0.29, 0.717) is 23.6 Å². The molecule has 13 heteroatoms. The zero-order valence-corrected chi connectivity index (χ0v) is 23.6. The summed E-state index contributed by atoms with van der Waals surface area (Å²) in [5.41, 5.74) is 0.698. The summed E-state index contributed by atoms with van der Waals surface area (Å²) in [7, 11) is 0. The van der Waals surface area contributed by atoms with Gasteiger partial charge in [0.2, 0.25) is 5.95 Å². The minimum absolute atomic E-state index is 0.170. The molecule has 11 nitrogen and oxygen atoms in total. The molecule has 41 heavy (non-hydrogen) atoms. The first kappa shape index (κ1) is 28.5. The van der Waals surface area contributed by atoms with Gasteiger partial charge in [-0.25, -0.2) is 4.98 Å². The van der Waals surface area contributed by atoms with E-state index in [9.17, 15) is 14.4 Å². The number of nitrogens with zero attached hydrogens (tertiary/aromatic N) is 2. The molecular weight excluding hydrogens is 571 g/mol. The number of benzene rings is 2. The number of H-pyrrole nitrogens is 1. The van der Waals surface area contributed by atoms with Crippen molar-refractivity contribution in [3.63, 3.8) is 0 Å². The highest BCUT2D eigenvalue weighted by Gasteiger charge is 2.32. The Balaban J connectivity index is 1.26. The fraction of sp³-hybridized carbons (Fsp3) is 0.250. The van der Waals surface area contributed by atoms with E-state index in [1.54, 1.807) is 18.2 Å². The quantitative estimate of drug-likeness (QED) is 0.234. The molecule has 3 heterocycles. The van der Waals surface area contributed by atoms with Gasteiger partial charge in [-0.3, -0.25) is 14.4 Å². The van der Waals surface area contributed by atoms with Gasteiger partial charge in [-0.15, -0.1) is 0 Å². The van der Waals surface area contributed by atoms with Gasteiger partial charge in [0.05, 0.1) is 17.3 Å². The molecule has 0 saturated carbocycles. The van der Waals surface area contributed by atoms with E-state index in [4.69, 9.17) is 32.7 Å². The molecule has 5 rings (SSSR count). The number of rotatable bonds is 8. The average molecular weight is 597 g/mol. The number of fused-ring (bicyclic) bond motifs is 1. The molecular formula is C28H26Cl2N6O5. The van der Waals surface area contributed by atoms with Gasteiger partial charge in [0.1, 0.15) is 17.3 Å². The molecule has 1 aliphatic heterocycles. The van der Waals surface area contributed by atoms with E-state index in [1.807, 2.05) is 19.9 Å². The predicted octanol–water partition coefficient (Wildman–Crippen LogP) is 4.37. The lowest BCUT2D eigenvalue weighted by atomic mass is 10.1. The molecule has 0 radical (unpaired) electrons. The largest absolute Gasteiger partial charge is 0.351 e. The second-order valence-electron chi connectivity index (χ2n) is 9.80. The average Bonchev–Trinajstić information content (AvgIpc) is 3.29. The van der Waals surface area contributed by atoms with Gasteiger partial charge in [-0.2, -0.15) is 4.98 Å². The van der Waals surface area contributed by atoms with Gasteiger partial charge >= 0.3 is 0 Å². The first-order valence-electron chi connectivity index (χ1n) is 12.7. The third-order valence-corrected chi connectivity index (χ3v) is 6.78. The number of carbonyl (C=O) groups excluding carboxylic acids is 2. The van der Waals surface area contributed by atoms with Crippen molar-refractivity contribution in [1.29, 1.82) is 0 Å². The second-order valence-corrected chi connectivity index (χ2v) is 10.6. The maximum absolute atomic E-state index is 13.0. The van der Waals surface area contributed by atoms with Gasteiger partial charge in [-0.05, 0) is 55.8 Å². The smallest absolute Gasteiger partial charge is 0.262 e. The Morgan fingerprint density at radius 1 is 1.12 bits per heavy atom. The molecule has 2 aromatic carbocycles. The van der Waals surface area contributed by atoms with Crippen LogP contribution in [0.2, 0.25) is 10.0 Å². The monoisotopic (exact) mass is 596 g/mol. The van der Waals surface area contributed by atoms with Crippen LogP contribution in [-0.2, 0) is 16.0 Å². The number of hydrogen-bond donors (Lipinski definition) is 4. The van der Waals surface area contributed by atoms with Crippen molar-refractivity contribution in [1.82, 2.24) is 20.3 Å². The first-order chi connectivity index (χ1) is 19.6. The molecule has 1 unspecified atom stereocenters. The molecule has 1 aliphatic rings. The molecule has 1 fully saturated rings. The summed E-state index contributed by atoms with van der Waals surface area (Å²) in [5, 5.41) is 9.68. The van der Waals surface area contributed by atoms with Gasteiger partial charge in [-0.1, -0.05) is 35.3 Å². The van der Waals surface area contributed by atoms with Crippen LogP contribution in [0.4, 0.5) is 11.6 Å². The highest BCUT2D eigenvalue weighted by atomic mass is 35.5. The van der Waals surface area contributed by atoms with E-state index in [1.165, 1.54) is 30.5 Å². The molecule has 1 atom stereocenters. The molecule has 0 bridgehead atoms. The Kier molecular flexibility index (Phi) is 8.22. The van der Waals surface area contributed by atoms with Crippen molar-refractivity contribution in [3.05, 3.63) is 91.8 Å². The number of hydrogen-bond acceptors (Lipinski definition) is 8. The van der Waals surface area contributed by atoms with Crippen molar-refractivity contribution in [2.24, 2.45) is 0 Å². The van der Waals surface area contributed by atoms with Crippen LogP contribution in [0.1, 0.15) is 40.1 Å². The van der Waals surface area contributed by atoms with Crippen molar-refractivity contribution in [3.8, 4) is 0 Å². The molecule has 0 spiro atoms. The summed E-state index contributed by atoms with van der Waals surface area (Å²) < 4.78 is 11.3. The van der Waals surface area contributed by atoms with Crippen LogP contribution in [0.5, 0.6) is 0 Å². The van der Waals surface area contributed by atoms with Crippen molar-refractivity contribution < 1.29 is 19.1 Å². The summed E-state index contributed by atoms with van der Waals surface area (Å²) in [6.07, 6.45) is 1.32. The van der Waals surface area contributed by atoms with Crippen molar-refractivity contribution in [2.75, 3.05) is 23.8 Å². The van der Waals surface area contributed by atoms with Crippen LogP contribution < -0.4 is 21.5 Å². The highest BCUT2D eigenvalue weighted by Crippen LogP contribution is 2.25. The number of aromatic nitrogens is 3. The summed E-state index contributed by atoms with van der Waals surface area (Å²) in [6, 6.07) is 13.0. The van der Waals surface area contributed by atoms with Crippen LogP contribution in [0.3, 0.4) is 0 Å². The zero-order chi connectivity index (χ0) is 29.1. The number of amides is 2. The summed E-state index contributed by atoms with van der Waals surface area (Å²) >= 11 is 12.3. The van der Waals surface area contributed by atoms with Crippen LogP contribution in [0.25, 0.3) is 11.0 Å². The van der Waals surface area contributed by atoms with Crippen LogP contribution >= 0.6 is 23.2 Å². The van der Waals surface area contributed by atoms with Gasteiger partial charge in [0.25, 0.3) is 17.4 Å². The van der Waals surface area contributed by atoms with Crippen molar-refractivity contribution >= 4 is 57.7 Å². The number of aromatic amines is 1.